The third kappa shape index (κ3) is 59.1. The van der Waals surface area contributed by atoms with Gasteiger partial charge in [-0.1, -0.05) is 294 Å². The number of rotatable bonds is 61. The predicted octanol–water partition coefficient (Wildman–Crippen LogP) is 20.9. The molecule has 6 nitrogen and oxygen atoms in total. The highest BCUT2D eigenvalue weighted by atomic mass is 16.5. The van der Waals surface area contributed by atoms with Gasteiger partial charge in [-0.05, 0) is 89.9 Å². The lowest BCUT2D eigenvalue weighted by molar-refractivity contribution is -0.143. The Morgan fingerprint density at radius 2 is 0.676 bits per heavy atom. The second kappa shape index (κ2) is 63.4. The molecule has 0 fully saturated rings. The monoisotopic (exact) mass is 1040 g/mol. The molecule has 0 aliphatic rings. The number of aliphatic hydroxyl groups is 2. The zero-order valence-electron chi connectivity index (χ0n) is 49.6. The lowest BCUT2D eigenvalue weighted by atomic mass is 10.0. The maximum atomic E-state index is 12.5. The van der Waals surface area contributed by atoms with Gasteiger partial charge in [-0.25, -0.2) is 0 Å². The highest BCUT2D eigenvalue weighted by Crippen LogP contribution is 2.17. The van der Waals surface area contributed by atoms with Gasteiger partial charge >= 0.3 is 5.97 Å². The highest BCUT2D eigenvalue weighted by Gasteiger charge is 2.20. The van der Waals surface area contributed by atoms with E-state index in [1.54, 1.807) is 0 Å². The van der Waals surface area contributed by atoms with Gasteiger partial charge in [0.2, 0.25) is 5.91 Å². The van der Waals surface area contributed by atoms with Crippen LogP contribution in [0.5, 0.6) is 0 Å². The first-order valence-corrected chi connectivity index (χ1v) is 32.9. The average Bonchev–Trinajstić information content (AvgIpc) is 3.40. The van der Waals surface area contributed by atoms with Crippen molar-refractivity contribution < 1.29 is 24.5 Å². The van der Waals surface area contributed by atoms with Crippen molar-refractivity contribution in [3.8, 4) is 0 Å². The number of nitrogens with one attached hydrogen (secondary N) is 1. The normalized spacial score (nSPS) is 12.9. The summed E-state index contributed by atoms with van der Waals surface area (Å²) in [5.74, 6) is -0.0410. The summed E-state index contributed by atoms with van der Waals surface area (Å²) in [6.07, 6.45) is 81.3. The van der Waals surface area contributed by atoms with Crippen molar-refractivity contribution in [2.75, 3.05) is 13.2 Å². The summed E-state index contributed by atoms with van der Waals surface area (Å²) in [6.45, 7) is 4.93. The van der Waals surface area contributed by atoms with E-state index in [1.807, 2.05) is 0 Å². The topological polar surface area (TPSA) is 95.9 Å². The van der Waals surface area contributed by atoms with Crippen LogP contribution < -0.4 is 5.32 Å². The molecular weight excluding hydrogens is 911 g/mol. The standard InChI is InChI=1S/C68H127NO5/c1-3-5-7-9-11-13-15-17-19-20-26-30-34-38-42-46-50-54-58-62-68(73)74-63-59-55-51-47-43-39-35-31-28-25-23-21-22-24-27-29-33-37-41-45-49-53-57-61-67(72)69-65(64-70)66(71)60-56-52-48-44-40-36-32-18-16-14-12-10-8-6-4-2/h11,13,17,19,21,23-24,27,65-66,70-71H,3-10,12,14-16,18,20,22,25-26,28-64H2,1-2H3,(H,69,72)/b13-11-,19-17-,23-21-,27-24-. The van der Waals surface area contributed by atoms with Gasteiger partial charge < -0.3 is 20.3 Å². The minimum Gasteiger partial charge on any atom is -0.466 e. The Morgan fingerprint density at radius 1 is 0.378 bits per heavy atom. The van der Waals surface area contributed by atoms with Crippen LogP contribution in [0.15, 0.2) is 48.6 Å². The molecule has 0 aromatic heterocycles. The summed E-state index contributed by atoms with van der Waals surface area (Å²) in [6, 6.07) is -0.550. The Hall–Kier alpha value is -2.18. The number of ether oxygens (including phenoxy) is 1. The molecule has 0 aromatic carbocycles. The Balaban J connectivity index is 3.43. The van der Waals surface area contributed by atoms with Crippen LogP contribution in [0.1, 0.15) is 348 Å². The molecule has 2 unspecified atom stereocenters. The number of allylic oxidation sites excluding steroid dienone is 8. The second-order valence-electron chi connectivity index (χ2n) is 22.4. The quantitative estimate of drug-likeness (QED) is 0.0320. The van der Waals surface area contributed by atoms with E-state index in [0.29, 0.717) is 25.9 Å². The zero-order valence-corrected chi connectivity index (χ0v) is 49.6. The number of amides is 1. The van der Waals surface area contributed by atoms with Crippen LogP contribution >= 0.6 is 0 Å². The van der Waals surface area contributed by atoms with Gasteiger partial charge in [0.05, 0.1) is 25.4 Å². The van der Waals surface area contributed by atoms with E-state index in [1.165, 1.54) is 250 Å². The number of unbranched alkanes of at least 4 members (excludes halogenated alkanes) is 42. The number of hydrogen-bond donors (Lipinski definition) is 3. The number of carbonyl (C=O) groups is 2. The molecule has 0 rings (SSSR count). The fourth-order valence-electron chi connectivity index (χ4n) is 10.1. The first-order chi connectivity index (χ1) is 36.5. The number of hydrogen-bond acceptors (Lipinski definition) is 5. The third-order valence-electron chi connectivity index (χ3n) is 15.1. The average molecular weight is 1040 g/mol. The van der Waals surface area contributed by atoms with Crippen molar-refractivity contribution >= 4 is 11.9 Å². The molecule has 0 aliphatic carbocycles. The summed E-state index contributed by atoms with van der Waals surface area (Å²) in [4.78, 5) is 24.6. The molecule has 0 saturated heterocycles. The summed E-state index contributed by atoms with van der Waals surface area (Å²) < 4.78 is 5.50. The van der Waals surface area contributed by atoms with Crippen molar-refractivity contribution in [2.45, 2.75) is 360 Å². The molecule has 434 valence electrons. The van der Waals surface area contributed by atoms with Gasteiger partial charge in [0.15, 0.2) is 0 Å². The zero-order chi connectivity index (χ0) is 53.6. The van der Waals surface area contributed by atoms with Gasteiger partial charge in [-0.15, -0.1) is 0 Å². The fourth-order valence-corrected chi connectivity index (χ4v) is 10.1. The minimum atomic E-state index is -0.672. The number of carbonyl (C=O) groups excluding carboxylic acids is 2. The van der Waals surface area contributed by atoms with E-state index in [0.717, 1.165) is 64.2 Å². The maximum Gasteiger partial charge on any atom is 0.305 e. The van der Waals surface area contributed by atoms with Crippen LogP contribution in [0.25, 0.3) is 0 Å². The molecule has 0 aliphatic heterocycles. The molecule has 0 bridgehead atoms. The minimum absolute atomic E-state index is 0.00330. The fraction of sp³-hybridized carbons (Fsp3) is 0.853. The molecule has 0 saturated carbocycles. The summed E-state index contributed by atoms with van der Waals surface area (Å²) >= 11 is 0. The summed E-state index contributed by atoms with van der Waals surface area (Å²) in [5.41, 5.74) is 0. The lowest BCUT2D eigenvalue weighted by Crippen LogP contribution is -2.45. The van der Waals surface area contributed by atoms with Crippen LogP contribution in [0, 0.1) is 0 Å². The first kappa shape index (κ1) is 71.8. The SMILES string of the molecule is CCCCC/C=C\C/C=C\CCCCCCCCCCCC(=O)OCCCCCCCCCCC/C=C\C/C=C\CCCCCCCCCC(=O)NC(CO)C(O)CCCCCCCCCCCCCCCCC. The van der Waals surface area contributed by atoms with Gasteiger partial charge in [0.1, 0.15) is 0 Å². The molecule has 3 N–H and O–H groups in total. The van der Waals surface area contributed by atoms with Crippen LogP contribution in [0.4, 0.5) is 0 Å². The molecular formula is C68H127NO5. The third-order valence-corrected chi connectivity index (χ3v) is 15.1. The van der Waals surface area contributed by atoms with Gasteiger partial charge in [-0.2, -0.15) is 0 Å². The Morgan fingerprint density at radius 3 is 1.05 bits per heavy atom. The molecule has 1 amide bonds. The molecule has 6 heteroatoms. The van der Waals surface area contributed by atoms with Crippen molar-refractivity contribution in [2.24, 2.45) is 0 Å². The van der Waals surface area contributed by atoms with Gasteiger partial charge in [0.25, 0.3) is 0 Å². The van der Waals surface area contributed by atoms with Crippen molar-refractivity contribution in [1.82, 2.24) is 5.32 Å². The number of esters is 1. The van der Waals surface area contributed by atoms with E-state index in [9.17, 15) is 19.8 Å². The molecule has 2 atom stereocenters. The Kier molecular flexibility index (Phi) is 61.5. The smallest absolute Gasteiger partial charge is 0.305 e. The van der Waals surface area contributed by atoms with Gasteiger partial charge in [-0.3, -0.25) is 9.59 Å². The maximum absolute atomic E-state index is 12.5. The summed E-state index contributed by atoms with van der Waals surface area (Å²) in [5, 5.41) is 23.3. The van der Waals surface area contributed by atoms with E-state index < -0.39 is 12.1 Å². The van der Waals surface area contributed by atoms with Gasteiger partial charge in [0, 0.05) is 12.8 Å². The van der Waals surface area contributed by atoms with E-state index >= 15 is 0 Å². The van der Waals surface area contributed by atoms with Crippen LogP contribution in [-0.2, 0) is 14.3 Å². The molecule has 0 heterocycles. The lowest BCUT2D eigenvalue weighted by Gasteiger charge is -2.22. The first-order valence-electron chi connectivity index (χ1n) is 32.9. The second-order valence-corrected chi connectivity index (χ2v) is 22.4. The van der Waals surface area contributed by atoms with Crippen LogP contribution in [-0.4, -0.2) is 47.4 Å². The predicted molar refractivity (Wildman–Crippen MR) is 324 cm³/mol. The highest BCUT2D eigenvalue weighted by molar-refractivity contribution is 5.76. The molecule has 0 radical (unpaired) electrons. The Bertz CT molecular complexity index is 1240. The number of aliphatic hydroxyl groups excluding tert-OH is 2. The van der Waals surface area contributed by atoms with Crippen molar-refractivity contribution in [3.05, 3.63) is 48.6 Å². The van der Waals surface area contributed by atoms with E-state index in [2.05, 4.69) is 67.8 Å². The largest absolute Gasteiger partial charge is 0.466 e. The van der Waals surface area contributed by atoms with Crippen molar-refractivity contribution in [3.63, 3.8) is 0 Å². The van der Waals surface area contributed by atoms with E-state index in [-0.39, 0.29) is 18.5 Å². The molecule has 0 spiro atoms. The molecule has 0 aromatic rings. The van der Waals surface area contributed by atoms with Crippen LogP contribution in [0.3, 0.4) is 0 Å². The van der Waals surface area contributed by atoms with E-state index in [4.69, 9.17) is 4.74 Å². The van der Waals surface area contributed by atoms with Crippen LogP contribution in [0.2, 0.25) is 0 Å². The van der Waals surface area contributed by atoms with Crippen molar-refractivity contribution in [1.29, 1.82) is 0 Å². The summed E-state index contributed by atoms with van der Waals surface area (Å²) in [7, 11) is 0. The molecule has 74 heavy (non-hydrogen) atoms. The Labute approximate surface area is 461 Å².